The van der Waals surface area contributed by atoms with Gasteiger partial charge in [-0.05, 0) is 75.3 Å². The Morgan fingerprint density at radius 2 is 0.960 bits per heavy atom. The van der Waals surface area contributed by atoms with Gasteiger partial charge in [-0.1, -0.05) is 146 Å². The van der Waals surface area contributed by atoms with Gasteiger partial charge in [-0.25, -0.2) is 4.99 Å². The van der Waals surface area contributed by atoms with E-state index in [9.17, 15) is 0 Å². The molecule has 4 heteroatoms. The maximum absolute atomic E-state index is 6.71. The molecule has 1 heterocycles. The maximum atomic E-state index is 6.71. The van der Waals surface area contributed by atoms with Gasteiger partial charge in [0.2, 0.25) is 0 Å². The molecule has 0 aromatic heterocycles. The molecule has 0 fully saturated rings. The van der Waals surface area contributed by atoms with E-state index in [2.05, 4.69) is 138 Å². The third-order valence-corrected chi connectivity index (χ3v) is 9.98. The summed E-state index contributed by atoms with van der Waals surface area (Å²) >= 11 is 0. The lowest BCUT2D eigenvalue weighted by Gasteiger charge is -2.45. The van der Waals surface area contributed by atoms with Crippen LogP contribution in [0.15, 0.2) is 192 Å². The van der Waals surface area contributed by atoms with Crippen molar-refractivity contribution in [2.24, 2.45) is 15.7 Å². The molecular weight excluding hydrogens is 609 g/mol. The Hall–Kier alpha value is -6.52. The summed E-state index contributed by atoms with van der Waals surface area (Å²) in [6.07, 6.45) is 0. The van der Waals surface area contributed by atoms with Gasteiger partial charge in [-0.2, -0.15) is 0 Å². The van der Waals surface area contributed by atoms with Crippen molar-refractivity contribution in [3.63, 3.8) is 0 Å². The van der Waals surface area contributed by atoms with Crippen LogP contribution < -0.4 is 10.6 Å². The Morgan fingerprint density at radius 3 is 1.54 bits per heavy atom. The van der Waals surface area contributed by atoms with Crippen LogP contribution in [0.2, 0.25) is 0 Å². The SMILES string of the molecule is NC(=NC(=NCc1ccccc1)c1ccccc1)c1ccc(N2c3ccccc3C3(c4ccccc4-c4ccccc43)c3ccccc32)cc1. The van der Waals surface area contributed by atoms with E-state index in [0.717, 1.165) is 33.8 Å². The van der Waals surface area contributed by atoms with Crippen molar-refractivity contribution in [1.29, 1.82) is 0 Å². The van der Waals surface area contributed by atoms with Crippen LogP contribution >= 0.6 is 0 Å². The Kier molecular flexibility index (Phi) is 7.21. The van der Waals surface area contributed by atoms with Crippen molar-refractivity contribution >= 4 is 28.7 Å². The van der Waals surface area contributed by atoms with E-state index < -0.39 is 5.41 Å². The molecule has 0 atom stereocenters. The van der Waals surface area contributed by atoms with E-state index in [4.69, 9.17) is 15.7 Å². The minimum Gasteiger partial charge on any atom is -0.383 e. The maximum Gasteiger partial charge on any atom is 0.157 e. The fourth-order valence-electron chi connectivity index (χ4n) is 7.83. The molecule has 7 aromatic carbocycles. The van der Waals surface area contributed by atoms with E-state index in [1.54, 1.807) is 0 Å². The summed E-state index contributed by atoms with van der Waals surface area (Å²) in [7, 11) is 0. The van der Waals surface area contributed by atoms with Gasteiger partial charge in [-0.3, -0.25) is 4.99 Å². The van der Waals surface area contributed by atoms with E-state index in [-0.39, 0.29) is 0 Å². The van der Waals surface area contributed by atoms with E-state index >= 15 is 0 Å². The third-order valence-electron chi connectivity index (χ3n) is 9.98. The van der Waals surface area contributed by atoms with Gasteiger partial charge >= 0.3 is 0 Å². The molecule has 2 N–H and O–H groups in total. The second-order valence-electron chi connectivity index (χ2n) is 12.7. The van der Waals surface area contributed by atoms with Crippen LogP contribution in [-0.4, -0.2) is 11.7 Å². The lowest BCUT2D eigenvalue weighted by Crippen LogP contribution is -2.36. The summed E-state index contributed by atoms with van der Waals surface area (Å²) in [5, 5.41) is 0. The molecule has 9 rings (SSSR count). The van der Waals surface area contributed by atoms with Crippen LogP contribution in [0.5, 0.6) is 0 Å². The Bertz CT molecular complexity index is 2320. The molecule has 7 aromatic rings. The molecule has 238 valence electrons. The first-order valence-electron chi connectivity index (χ1n) is 17.0. The largest absolute Gasteiger partial charge is 0.383 e. The van der Waals surface area contributed by atoms with Gasteiger partial charge in [0.05, 0.1) is 23.3 Å². The molecule has 0 radical (unpaired) electrons. The Labute approximate surface area is 292 Å². The van der Waals surface area contributed by atoms with Crippen LogP contribution in [0.25, 0.3) is 11.1 Å². The standard InChI is InChI=1S/C46H34N4/c47-44(49-45(34-17-5-2-6-18-34)48-31-32-15-3-1-4-16-32)33-27-29-35(30-28-33)50-42-25-13-11-23-40(42)46(41-24-12-14-26-43(41)50)38-21-9-7-19-36(38)37-20-8-10-22-39(37)46/h1-30H,31H2,(H2,47,48,49). The van der Waals surface area contributed by atoms with Crippen molar-refractivity contribution in [1.82, 2.24) is 0 Å². The van der Waals surface area contributed by atoms with Gasteiger partial charge in [-0.15, -0.1) is 0 Å². The van der Waals surface area contributed by atoms with Crippen LogP contribution in [0.3, 0.4) is 0 Å². The van der Waals surface area contributed by atoms with Crippen LogP contribution in [0.4, 0.5) is 17.1 Å². The topological polar surface area (TPSA) is 54.0 Å². The number of fused-ring (bicyclic) bond motifs is 9. The Balaban J connectivity index is 1.14. The van der Waals surface area contributed by atoms with Crippen LogP contribution in [0, 0.1) is 0 Å². The van der Waals surface area contributed by atoms with Crippen molar-refractivity contribution < 1.29 is 0 Å². The summed E-state index contributed by atoms with van der Waals surface area (Å²) < 4.78 is 0. The third kappa shape index (κ3) is 4.68. The molecule has 0 bridgehead atoms. The summed E-state index contributed by atoms with van der Waals surface area (Å²) in [5.74, 6) is 1.03. The minimum absolute atomic E-state index is 0.421. The van der Waals surface area contributed by atoms with Gasteiger partial charge in [0.1, 0.15) is 5.84 Å². The van der Waals surface area contributed by atoms with Gasteiger partial charge < -0.3 is 10.6 Å². The van der Waals surface area contributed by atoms with Crippen LogP contribution in [-0.2, 0) is 12.0 Å². The number of nitrogens with two attached hydrogens (primary N) is 1. The quantitative estimate of drug-likeness (QED) is 0.150. The lowest BCUT2D eigenvalue weighted by atomic mass is 9.64. The summed E-state index contributed by atoms with van der Waals surface area (Å²) in [6, 6.07) is 64.1. The molecule has 0 saturated heterocycles. The van der Waals surface area contributed by atoms with Gasteiger partial charge in [0.25, 0.3) is 0 Å². The van der Waals surface area contributed by atoms with Crippen molar-refractivity contribution in [3.8, 4) is 11.1 Å². The average molecular weight is 643 g/mol. The molecule has 4 nitrogen and oxygen atoms in total. The molecule has 50 heavy (non-hydrogen) atoms. The predicted octanol–water partition coefficient (Wildman–Crippen LogP) is 10.2. The first-order valence-corrected chi connectivity index (χ1v) is 17.0. The monoisotopic (exact) mass is 642 g/mol. The number of hydrogen-bond acceptors (Lipinski definition) is 2. The fraction of sp³-hybridized carbons (Fsp3) is 0.0435. The summed E-state index contributed by atoms with van der Waals surface area (Å²) in [5.41, 5.74) is 20.3. The number of aliphatic imine (C=N–C) groups is 2. The van der Waals surface area contributed by atoms with Crippen molar-refractivity contribution in [2.45, 2.75) is 12.0 Å². The number of anilines is 3. The zero-order chi connectivity index (χ0) is 33.5. The average Bonchev–Trinajstić information content (AvgIpc) is 3.48. The number of para-hydroxylation sites is 2. The highest BCUT2D eigenvalue weighted by Gasteiger charge is 2.51. The zero-order valence-electron chi connectivity index (χ0n) is 27.4. The first kappa shape index (κ1) is 29.6. The first-order chi connectivity index (χ1) is 24.7. The molecule has 0 unspecified atom stereocenters. The van der Waals surface area contributed by atoms with Crippen molar-refractivity contribution in [2.75, 3.05) is 4.90 Å². The van der Waals surface area contributed by atoms with Gasteiger partial charge in [0.15, 0.2) is 5.84 Å². The molecule has 2 aliphatic rings. The highest BCUT2D eigenvalue weighted by molar-refractivity contribution is 6.11. The predicted molar refractivity (Wildman–Crippen MR) is 206 cm³/mol. The zero-order valence-corrected chi connectivity index (χ0v) is 27.4. The number of nitrogens with zero attached hydrogens (tertiary/aromatic N) is 3. The van der Waals surface area contributed by atoms with E-state index in [1.165, 1.54) is 33.4 Å². The molecular formula is C46H34N4. The highest BCUT2D eigenvalue weighted by Crippen LogP contribution is 2.63. The molecule has 0 saturated carbocycles. The van der Waals surface area contributed by atoms with E-state index in [0.29, 0.717) is 18.2 Å². The number of amidine groups is 2. The highest BCUT2D eigenvalue weighted by atomic mass is 15.2. The minimum atomic E-state index is -0.430. The summed E-state index contributed by atoms with van der Waals surface area (Å²) in [4.78, 5) is 12.1. The van der Waals surface area contributed by atoms with Gasteiger partial charge in [0, 0.05) is 16.8 Å². The molecule has 0 amide bonds. The number of benzene rings is 7. The lowest BCUT2D eigenvalue weighted by molar-refractivity contribution is 0.752. The number of hydrogen-bond donors (Lipinski definition) is 1. The second-order valence-corrected chi connectivity index (χ2v) is 12.7. The molecule has 1 spiro atoms. The van der Waals surface area contributed by atoms with Crippen LogP contribution in [0.1, 0.15) is 38.9 Å². The molecule has 1 aliphatic carbocycles. The summed E-state index contributed by atoms with van der Waals surface area (Å²) in [6.45, 7) is 0.519. The molecule has 1 aliphatic heterocycles. The van der Waals surface area contributed by atoms with E-state index in [1.807, 2.05) is 48.5 Å². The number of rotatable bonds is 5. The van der Waals surface area contributed by atoms with Crippen molar-refractivity contribution in [3.05, 3.63) is 221 Å². The smallest absolute Gasteiger partial charge is 0.157 e. The normalized spacial score (nSPS) is 14.1. The Morgan fingerprint density at radius 1 is 0.480 bits per heavy atom. The second kappa shape index (κ2) is 12.2. The fourth-order valence-corrected chi connectivity index (χ4v) is 7.83.